The molecule has 138 valence electrons. The summed E-state index contributed by atoms with van der Waals surface area (Å²) in [5.41, 5.74) is 12.7. The number of carbonyl (C=O) groups excluding carboxylic acids is 1. The minimum atomic E-state index is -0.586. The molecule has 9 nitrogen and oxygen atoms in total. The van der Waals surface area contributed by atoms with E-state index in [9.17, 15) is 4.79 Å². The van der Waals surface area contributed by atoms with Crippen molar-refractivity contribution in [2.45, 2.75) is 0 Å². The van der Waals surface area contributed by atoms with Crippen LogP contribution in [0.1, 0.15) is 9.80 Å². The number of aromatic amines is 1. The molecule has 3 heterocycles. The molecule has 4 rings (SSSR count). The van der Waals surface area contributed by atoms with Crippen LogP contribution in [0.2, 0.25) is 5.02 Å². The van der Waals surface area contributed by atoms with Crippen molar-refractivity contribution in [3.05, 3.63) is 40.8 Å². The fourth-order valence-electron chi connectivity index (χ4n) is 2.61. The summed E-state index contributed by atoms with van der Waals surface area (Å²) in [6.45, 7) is 0.829. The molecule has 1 amide bonds. The Kier molecular flexibility index (Phi) is 4.52. The number of hydrogen-bond donors (Lipinski definition) is 3. The standard InChI is InChI=1S/C16H14ClN7O2S/c17-10-5-8(26-4-3-18)1-2-9(10)11-6-20-7-24(11)15-12-14(22-23-15)21-16(27-12)13(19)25/h1-2,5-7H,3-4,18H2,(H2,19,25)(H,22,23). The lowest BCUT2D eigenvalue weighted by Gasteiger charge is -2.10. The first-order valence-electron chi connectivity index (χ1n) is 7.88. The van der Waals surface area contributed by atoms with E-state index in [4.69, 9.17) is 27.8 Å². The number of aromatic nitrogens is 5. The molecule has 0 aliphatic heterocycles. The fourth-order valence-corrected chi connectivity index (χ4v) is 3.73. The number of rotatable bonds is 6. The van der Waals surface area contributed by atoms with Crippen molar-refractivity contribution < 1.29 is 9.53 Å². The number of imidazole rings is 1. The third-order valence-electron chi connectivity index (χ3n) is 3.78. The molecular weight excluding hydrogens is 390 g/mol. The molecule has 3 aromatic heterocycles. The molecule has 0 unspecified atom stereocenters. The van der Waals surface area contributed by atoms with Crippen LogP contribution in [0.3, 0.4) is 0 Å². The Hall–Kier alpha value is -2.95. The van der Waals surface area contributed by atoms with Crippen LogP contribution in [0.25, 0.3) is 27.4 Å². The van der Waals surface area contributed by atoms with Crippen LogP contribution >= 0.6 is 22.9 Å². The van der Waals surface area contributed by atoms with Gasteiger partial charge < -0.3 is 16.2 Å². The third kappa shape index (κ3) is 3.14. The van der Waals surface area contributed by atoms with Crippen molar-refractivity contribution in [1.82, 2.24) is 24.7 Å². The van der Waals surface area contributed by atoms with Crippen LogP contribution in [0, 0.1) is 0 Å². The van der Waals surface area contributed by atoms with E-state index in [1.165, 1.54) is 0 Å². The maximum absolute atomic E-state index is 11.4. The van der Waals surface area contributed by atoms with E-state index in [2.05, 4.69) is 20.2 Å². The molecule has 0 spiro atoms. The lowest BCUT2D eigenvalue weighted by atomic mass is 10.1. The first kappa shape index (κ1) is 17.5. The van der Waals surface area contributed by atoms with Gasteiger partial charge in [-0.25, -0.2) is 9.97 Å². The Morgan fingerprint density at radius 1 is 1.41 bits per heavy atom. The maximum atomic E-state index is 11.4. The van der Waals surface area contributed by atoms with Crippen molar-refractivity contribution in [2.75, 3.05) is 13.2 Å². The molecule has 4 aromatic rings. The molecule has 0 saturated heterocycles. The maximum Gasteiger partial charge on any atom is 0.277 e. The van der Waals surface area contributed by atoms with Gasteiger partial charge in [-0.2, -0.15) is 5.10 Å². The second-order valence-corrected chi connectivity index (χ2v) is 6.94. The number of H-pyrrole nitrogens is 1. The van der Waals surface area contributed by atoms with E-state index >= 15 is 0 Å². The molecule has 0 aliphatic carbocycles. The van der Waals surface area contributed by atoms with E-state index in [0.29, 0.717) is 40.1 Å². The van der Waals surface area contributed by atoms with Crippen LogP contribution in [0.5, 0.6) is 5.75 Å². The van der Waals surface area contributed by atoms with E-state index in [1.54, 1.807) is 23.2 Å². The fraction of sp³-hybridized carbons (Fsp3) is 0.125. The number of ether oxygens (including phenoxy) is 1. The second kappa shape index (κ2) is 6.99. The number of primary amides is 1. The Labute approximate surface area is 161 Å². The molecular formula is C16H14ClN7O2S. The van der Waals surface area contributed by atoms with E-state index < -0.39 is 5.91 Å². The highest BCUT2D eigenvalue weighted by Crippen LogP contribution is 2.34. The second-order valence-electron chi connectivity index (χ2n) is 5.54. The summed E-state index contributed by atoms with van der Waals surface area (Å²) in [6.07, 6.45) is 3.29. The first-order chi connectivity index (χ1) is 13.1. The van der Waals surface area contributed by atoms with Gasteiger partial charge in [-0.15, -0.1) is 11.3 Å². The predicted octanol–water partition coefficient (Wildman–Crippen LogP) is 1.96. The minimum absolute atomic E-state index is 0.209. The zero-order valence-electron chi connectivity index (χ0n) is 13.8. The van der Waals surface area contributed by atoms with Crippen LogP contribution in [-0.2, 0) is 0 Å². The van der Waals surface area contributed by atoms with E-state index in [0.717, 1.165) is 22.6 Å². The molecule has 0 fully saturated rings. The number of nitrogens with zero attached hydrogens (tertiary/aromatic N) is 4. The number of halogens is 1. The SMILES string of the molecule is NCCOc1ccc(-c2cncn2-c2n[nH]c3nc(C(N)=O)sc23)c(Cl)c1. The van der Waals surface area contributed by atoms with E-state index in [1.807, 2.05) is 12.1 Å². The van der Waals surface area contributed by atoms with Gasteiger partial charge in [-0.05, 0) is 18.2 Å². The molecule has 0 radical (unpaired) electrons. The van der Waals surface area contributed by atoms with Gasteiger partial charge in [0, 0.05) is 12.1 Å². The zero-order chi connectivity index (χ0) is 19.0. The topological polar surface area (TPSA) is 138 Å². The van der Waals surface area contributed by atoms with Gasteiger partial charge in [-0.3, -0.25) is 14.5 Å². The molecule has 0 saturated carbocycles. The lowest BCUT2D eigenvalue weighted by Crippen LogP contribution is -2.10. The average Bonchev–Trinajstić information content (AvgIpc) is 3.34. The monoisotopic (exact) mass is 403 g/mol. The minimum Gasteiger partial charge on any atom is -0.492 e. The van der Waals surface area contributed by atoms with Crippen molar-refractivity contribution in [3.63, 3.8) is 0 Å². The number of nitrogens with two attached hydrogens (primary N) is 2. The highest BCUT2D eigenvalue weighted by Gasteiger charge is 2.19. The first-order valence-corrected chi connectivity index (χ1v) is 9.08. The van der Waals surface area contributed by atoms with E-state index in [-0.39, 0.29) is 5.01 Å². The van der Waals surface area contributed by atoms with Gasteiger partial charge in [0.1, 0.15) is 23.4 Å². The molecule has 27 heavy (non-hydrogen) atoms. The smallest absolute Gasteiger partial charge is 0.277 e. The number of amides is 1. The van der Waals surface area contributed by atoms with Gasteiger partial charge in [0.15, 0.2) is 16.5 Å². The summed E-state index contributed by atoms with van der Waals surface area (Å²) < 4.78 is 7.96. The summed E-state index contributed by atoms with van der Waals surface area (Å²) in [5.74, 6) is 0.607. The van der Waals surface area contributed by atoms with Crippen molar-refractivity contribution in [1.29, 1.82) is 0 Å². The lowest BCUT2D eigenvalue weighted by molar-refractivity contribution is 0.1000. The summed E-state index contributed by atoms with van der Waals surface area (Å²) in [6, 6.07) is 5.38. The highest BCUT2D eigenvalue weighted by atomic mass is 35.5. The summed E-state index contributed by atoms with van der Waals surface area (Å²) >= 11 is 7.61. The quantitative estimate of drug-likeness (QED) is 0.450. The Balaban J connectivity index is 1.77. The molecule has 1 aromatic carbocycles. The average molecular weight is 404 g/mol. The van der Waals surface area contributed by atoms with Crippen LogP contribution in [0.4, 0.5) is 0 Å². The van der Waals surface area contributed by atoms with Crippen molar-refractivity contribution >= 4 is 39.2 Å². The summed E-state index contributed by atoms with van der Waals surface area (Å²) in [4.78, 5) is 19.7. The third-order valence-corrected chi connectivity index (χ3v) is 5.16. The molecule has 11 heteroatoms. The number of thiazole rings is 1. The molecule has 0 atom stereocenters. The molecule has 5 N–H and O–H groups in total. The Morgan fingerprint density at radius 3 is 3.00 bits per heavy atom. The van der Waals surface area contributed by atoms with Crippen LogP contribution in [-0.4, -0.2) is 43.8 Å². The Morgan fingerprint density at radius 2 is 2.26 bits per heavy atom. The summed E-state index contributed by atoms with van der Waals surface area (Å²) in [7, 11) is 0. The highest BCUT2D eigenvalue weighted by molar-refractivity contribution is 7.20. The summed E-state index contributed by atoms with van der Waals surface area (Å²) in [5, 5.41) is 7.80. The number of fused-ring (bicyclic) bond motifs is 1. The van der Waals surface area contributed by atoms with Crippen molar-refractivity contribution in [3.8, 4) is 22.8 Å². The number of hydrogen-bond acceptors (Lipinski definition) is 7. The zero-order valence-corrected chi connectivity index (χ0v) is 15.4. The van der Waals surface area contributed by atoms with Crippen LogP contribution < -0.4 is 16.2 Å². The van der Waals surface area contributed by atoms with Gasteiger partial charge in [0.2, 0.25) is 0 Å². The van der Waals surface area contributed by atoms with Gasteiger partial charge in [0.05, 0.1) is 16.9 Å². The van der Waals surface area contributed by atoms with Crippen molar-refractivity contribution in [2.24, 2.45) is 11.5 Å². The molecule has 0 aliphatic rings. The number of nitrogens with one attached hydrogen (secondary N) is 1. The molecule has 0 bridgehead atoms. The Bertz CT molecular complexity index is 1130. The van der Waals surface area contributed by atoms with Gasteiger partial charge in [0.25, 0.3) is 5.91 Å². The number of benzene rings is 1. The van der Waals surface area contributed by atoms with Gasteiger partial charge in [-0.1, -0.05) is 11.6 Å². The number of carbonyl (C=O) groups is 1. The predicted molar refractivity (Wildman–Crippen MR) is 102 cm³/mol. The van der Waals surface area contributed by atoms with Gasteiger partial charge >= 0.3 is 0 Å². The largest absolute Gasteiger partial charge is 0.492 e. The normalized spacial score (nSPS) is 11.2. The van der Waals surface area contributed by atoms with Crippen LogP contribution in [0.15, 0.2) is 30.7 Å².